The number of carboxylic acid groups (broad SMARTS) is 1. The van der Waals surface area contributed by atoms with Crippen LogP contribution in [0.1, 0.15) is 23.1 Å². The Morgan fingerprint density at radius 2 is 1.63 bits per heavy atom. The fourth-order valence-electron chi connectivity index (χ4n) is 2.79. The molecule has 0 aliphatic rings. The number of carbonyl (C=O) groups is 1. The quantitative estimate of drug-likeness (QED) is 0.370. The molecule has 162 valence electrons. The number of sulfonamides is 1. The Bertz CT molecular complexity index is 994. The Morgan fingerprint density at radius 1 is 1.07 bits per heavy atom. The first-order valence-corrected chi connectivity index (χ1v) is 10.9. The average molecular weight is 457 g/mol. The number of nitrogens with zero attached hydrogens (tertiary/aromatic N) is 1. The third kappa shape index (κ3) is 7.97. The summed E-state index contributed by atoms with van der Waals surface area (Å²) in [5.41, 5.74) is 2.29. The minimum absolute atomic E-state index is 0.0580. The van der Waals surface area contributed by atoms with Crippen molar-refractivity contribution in [2.45, 2.75) is 30.6 Å². The van der Waals surface area contributed by atoms with Crippen molar-refractivity contribution in [2.24, 2.45) is 0 Å². The van der Waals surface area contributed by atoms with Crippen molar-refractivity contribution in [3.05, 3.63) is 74.3 Å². The normalized spacial score (nSPS) is 11.2. The van der Waals surface area contributed by atoms with E-state index in [0.717, 1.165) is 16.7 Å². The summed E-state index contributed by atoms with van der Waals surface area (Å²) in [7, 11) is -3.69. The minimum atomic E-state index is -3.69. The van der Waals surface area contributed by atoms with Gasteiger partial charge >= 0.3 is 5.97 Å². The first-order valence-electron chi connectivity index (χ1n) is 9.02. The Balaban J connectivity index is 2.06. The highest BCUT2D eigenvalue weighted by molar-refractivity contribution is 7.89. The molecule has 0 amide bonds. The van der Waals surface area contributed by atoms with Crippen molar-refractivity contribution in [3.8, 4) is 0 Å². The summed E-state index contributed by atoms with van der Waals surface area (Å²) in [5, 5.41) is 18.8. The fraction of sp³-hybridized carbons (Fsp3) is 0.316. The van der Waals surface area contributed by atoms with E-state index in [0.29, 0.717) is 17.9 Å². The van der Waals surface area contributed by atoms with Crippen LogP contribution in [0.5, 0.6) is 0 Å². The zero-order valence-electron chi connectivity index (χ0n) is 15.9. The smallest absolute Gasteiger partial charge is 0.303 e. The Kier molecular flexibility index (Phi) is 8.58. The number of hydrogen-bond acceptors (Lipinski definition) is 6. The topological polar surface area (TPSA) is 136 Å². The van der Waals surface area contributed by atoms with Gasteiger partial charge in [0.15, 0.2) is 0 Å². The standard InChI is InChI=1S/C19H21ClN2O7S/c20-17-2-4-18(5-3-17)30(27,28)21-9-7-15-11-14(1-6-19(23)24)12-16(13-15)8-10-29-22(25)26/h2-5,11-13,21H,1,6-10H2,(H,23,24). The van der Waals surface area contributed by atoms with Gasteiger partial charge in [-0.25, -0.2) is 13.1 Å². The minimum Gasteiger partial charge on any atom is -0.481 e. The van der Waals surface area contributed by atoms with Crippen LogP contribution in [0.3, 0.4) is 0 Å². The first kappa shape index (κ1) is 23.6. The number of aliphatic carboxylic acids is 1. The monoisotopic (exact) mass is 456 g/mol. The number of nitrogens with one attached hydrogen (secondary N) is 1. The van der Waals surface area contributed by atoms with Gasteiger partial charge in [0.1, 0.15) is 6.61 Å². The molecule has 0 heterocycles. The summed E-state index contributed by atoms with van der Waals surface area (Å²) >= 11 is 5.78. The molecule has 9 nitrogen and oxygen atoms in total. The molecule has 0 bridgehead atoms. The second-order valence-corrected chi connectivity index (χ2v) is 8.66. The molecule has 2 rings (SSSR count). The van der Waals surface area contributed by atoms with E-state index in [9.17, 15) is 23.3 Å². The van der Waals surface area contributed by atoms with Crippen LogP contribution in [0.25, 0.3) is 0 Å². The van der Waals surface area contributed by atoms with Crippen LogP contribution >= 0.6 is 11.6 Å². The van der Waals surface area contributed by atoms with Crippen molar-refractivity contribution in [1.82, 2.24) is 4.72 Å². The van der Waals surface area contributed by atoms with Gasteiger partial charge in [-0.05, 0) is 60.2 Å². The second kappa shape index (κ2) is 10.9. The first-order chi connectivity index (χ1) is 14.2. The number of carboxylic acids is 1. The predicted octanol–water partition coefficient (Wildman–Crippen LogP) is 2.63. The van der Waals surface area contributed by atoms with Crippen molar-refractivity contribution in [2.75, 3.05) is 13.2 Å². The van der Waals surface area contributed by atoms with Gasteiger partial charge in [0.25, 0.3) is 5.09 Å². The molecule has 0 aliphatic heterocycles. The maximum Gasteiger partial charge on any atom is 0.303 e. The largest absolute Gasteiger partial charge is 0.481 e. The van der Waals surface area contributed by atoms with Gasteiger partial charge in [-0.15, -0.1) is 10.1 Å². The zero-order chi connectivity index (χ0) is 22.1. The fourth-order valence-corrected chi connectivity index (χ4v) is 3.95. The average Bonchev–Trinajstić information content (AvgIpc) is 2.66. The summed E-state index contributed by atoms with van der Waals surface area (Å²) in [6.07, 6.45) is 0.864. The number of halogens is 1. The third-order valence-electron chi connectivity index (χ3n) is 4.16. The summed E-state index contributed by atoms with van der Waals surface area (Å²) in [5.74, 6) is -0.936. The van der Waals surface area contributed by atoms with Crippen molar-refractivity contribution in [1.29, 1.82) is 0 Å². The van der Waals surface area contributed by atoms with E-state index in [1.165, 1.54) is 24.3 Å². The zero-order valence-corrected chi connectivity index (χ0v) is 17.5. The van der Waals surface area contributed by atoms with Gasteiger partial charge in [0.2, 0.25) is 10.0 Å². The number of rotatable bonds is 12. The second-order valence-electron chi connectivity index (χ2n) is 6.46. The molecule has 0 aromatic heterocycles. The number of aryl methyl sites for hydroxylation is 1. The number of benzene rings is 2. The van der Waals surface area contributed by atoms with Crippen LogP contribution in [0.15, 0.2) is 47.4 Å². The van der Waals surface area contributed by atoms with Crippen LogP contribution in [0, 0.1) is 10.1 Å². The molecule has 0 atom stereocenters. The highest BCUT2D eigenvalue weighted by Gasteiger charge is 2.13. The molecule has 30 heavy (non-hydrogen) atoms. The highest BCUT2D eigenvalue weighted by atomic mass is 35.5. The van der Waals surface area contributed by atoms with Crippen LogP contribution in [0.2, 0.25) is 5.02 Å². The van der Waals surface area contributed by atoms with Gasteiger partial charge in [-0.2, -0.15) is 0 Å². The molecular formula is C19H21ClN2O7S. The van der Waals surface area contributed by atoms with E-state index in [1.807, 2.05) is 0 Å². The van der Waals surface area contributed by atoms with E-state index in [1.54, 1.807) is 18.2 Å². The summed E-state index contributed by atoms with van der Waals surface area (Å²) < 4.78 is 27.2. The molecule has 0 spiro atoms. The molecule has 2 aromatic rings. The Labute approximate surface area is 178 Å². The Morgan fingerprint density at radius 3 is 2.20 bits per heavy atom. The summed E-state index contributed by atoms with van der Waals surface area (Å²) in [6, 6.07) is 11.2. The lowest BCUT2D eigenvalue weighted by Crippen LogP contribution is -2.26. The lowest BCUT2D eigenvalue weighted by atomic mass is 9.99. The van der Waals surface area contributed by atoms with E-state index < -0.39 is 21.1 Å². The van der Waals surface area contributed by atoms with Gasteiger partial charge < -0.3 is 9.94 Å². The molecule has 2 aromatic carbocycles. The maximum absolute atomic E-state index is 12.4. The Hall–Kier alpha value is -2.69. The predicted molar refractivity (Wildman–Crippen MR) is 109 cm³/mol. The van der Waals surface area contributed by atoms with Crippen LogP contribution < -0.4 is 4.72 Å². The lowest BCUT2D eigenvalue weighted by Gasteiger charge is -2.11. The van der Waals surface area contributed by atoms with Crippen molar-refractivity contribution >= 4 is 27.6 Å². The van der Waals surface area contributed by atoms with Crippen LogP contribution in [-0.4, -0.2) is 37.7 Å². The molecule has 0 saturated heterocycles. The van der Waals surface area contributed by atoms with Gasteiger partial charge in [0.05, 0.1) is 4.90 Å². The van der Waals surface area contributed by atoms with Crippen molar-refractivity contribution < 1.29 is 28.2 Å². The summed E-state index contributed by atoms with van der Waals surface area (Å²) in [4.78, 5) is 25.6. The molecule has 11 heteroatoms. The van der Waals surface area contributed by atoms with Crippen LogP contribution in [0.4, 0.5) is 0 Å². The molecular weight excluding hydrogens is 436 g/mol. The van der Waals surface area contributed by atoms with Gasteiger partial charge in [-0.1, -0.05) is 29.8 Å². The lowest BCUT2D eigenvalue weighted by molar-refractivity contribution is -0.757. The van der Waals surface area contributed by atoms with E-state index in [4.69, 9.17) is 16.7 Å². The highest BCUT2D eigenvalue weighted by Crippen LogP contribution is 2.16. The van der Waals surface area contributed by atoms with E-state index >= 15 is 0 Å². The third-order valence-corrected chi connectivity index (χ3v) is 5.89. The molecule has 0 unspecified atom stereocenters. The van der Waals surface area contributed by atoms with Crippen molar-refractivity contribution in [3.63, 3.8) is 0 Å². The molecule has 0 fully saturated rings. The molecule has 0 saturated carbocycles. The SMILES string of the molecule is O=C(O)CCc1cc(CCNS(=O)(=O)c2ccc(Cl)cc2)cc(CCO[N+](=O)[O-])c1. The molecule has 2 N–H and O–H groups in total. The van der Waals surface area contributed by atoms with Gasteiger partial charge in [-0.3, -0.25) is 4.79 Å². The van der Waals surface area contributed by atoms with Crippen LogP contribution in [-0.2, 0) is 38.9 Å². The molecule has 0 radical (unpaired) electrons. The molecule has 0 aliphatic carbocycles. The summed E-state index contributed by atoms with van der Waals surface area (Å²) in [6.45, 7) is -0.00377. The maximum atomic E-state index is 12.4. The van der Waals surface area contributed by atoms with Gasteiger partial charge in [0, 0.05) is 18.0 Å². The number of hydrogen-bond donors (Lipinski definition) is 2. The van der Waals surface area contributed by atoms with E-state index in [2.05, 4.69) is 9.56 Å². The van der Waals surface area contributed by atoms with E-state index in [-0.39, 0.29) is 30.9 Å².